The number of urea groups is 1. The number of halogens is 1. The van der Waals surface area contributed by atoms with E-state index in [4.69, 9.17) is 4.74 Å². The van der Waals surface area contributed by atoms with E-state index in [1.54, 1.807) is 11.0 Å². The normalized spacial score (nSPS) is 14.6. The predicted octanol–water partition coefficient (Wildman–Crippen LogP) is 0.949. The Morgan fingerprint density at radius 1 is 1.53 bits per heavy atom. The van der Waals surface area contributed by atoms with Crippen molar-refractivity contribution in [3.63, 3.8) is 0 Å². The van der Waals surface area contributed by atoms with Crippen LogP contribution in [0.5, 0.6) is 5.75 Å². The van der Waals surface area contributed by atoms with Crippen LogP contribution in [-0.2, 0) is 6.54 Å². The van der Waals surface area contributed by atoms with Crippen LogP contribution in [0.4, 0.5) is 9.18 Å². The van der Waals surface area contributed by atoms with E-state index in [0.717, 1.165) is 5.56 Å². The Bertz CT molecular complexity index is 454. The topological polar surface area (TPSA) is 53.6 Å². The molecule has 0 atom stereocenters. The second-order valence-corrected chi connectivity index (χ2v) is 4.36. The minimum atomic E-state index is -0.376. The van der Waals surface area contributed by atoms with Crippen molar-refractivity contribution in [2.24, 2.45) is 0 Å². The summed E-state index contributed by atoms with van der Waals surface area (Å²) in [6.07, 6.45) is 0. The molecule has 1 saturated heterocycles. The van der Waals surface area contributed by atoms with Gasteiger partial charge in [-0.1, -0.05) is 6.07 Å². The maximum atomic E-state index is 13.7. The van der Waals surface area contributed by atoms with Gasteiger partial charge in [-0.25, -0.2) is 9.18 Å². The van der Waals surface area contributed by atoms with Crippen molar-refractivity contribution >= 4 is 6.03 Å². The Hall–Kier alpha value is -1.82. The highest BCUT2D eigenvalue weighted by Gasteiger charge is 2.18. The highest BCUT2D eigenvalue weighted by atomic mass is 19.1. The summed E-state index contributed by atoms with van der Waals surface area (Å²) in [6, 6.07) is 4.80. The number of hydrogen-bond acceptors (Lipinski definition) is 3. The molecule has 1 aliphatic rings. The SMILES string of the molecule is CNCc1ccc(OCCN2CCNC2=O)c(F)c1. The molecule has 5 nitrogen and oxygen atoms in total. The van der Waals surface area contributed by atoms with Crippen LogP contribution in [0.25, 0.3) is 0 Å². The van der Waals surface area contributed by atoms with Gasteiger partial charge in [0.05, 0.1) is 6.54 Å². The van der Waals surface area contributed by atoms with Gasteiger partial charge in [0.25, 0.3) is 0 Å². The van der Waals surface area contributed by atoms with Gasteiger partial charge in [0.2, 0.25) is 0 Å². The zero-order chi connectivity index (χ0) is 13.7. The van der Waals surface area contributed by atoms with Crippen LogP contribution < -0.4 is 15.4 Å². The standard InChI is InChI=1S/C13H18FN3O2/c1-15-9-10-2-3-12(11(14)8-10)19-7-6-17-5-4-16-13(17)18/h2-3,8,15H,4-7,9H2,1H3,(H,16,18). The lowest BCUT2D eigenvalue weighted by atomic mass is 10.2. The summed E-state index contributed by atoms with van der Waals surface area (Å²) in [6.45, 7) is 2.70. The van der Waals surface area contributed by atoms with E-state index in [9.17, 15) is 9.18 Å². The first kappa shape index (κ1) is 13.6. The molecule has 2 N–H and O–H groups in total. The number of carbonyl (C=O) groups excluding carboxylic acids is 1. The molecule has 0 aliphatic carbocycles. The summed E-state index contributed by atoms with van der Waals surface area (Å²) in [4.78, 5) is 12.9. The van der Waals surface area contributed by atoms with E-state index < -0.39 is 0 Å². The molecule has 1 aliphatic heterocycles. The lowest BCUT2D eigenvalue weighted by Gasteiger charge is -2.15. The molecule has 104 valence electrons. The fourth-order valence-electron chi connectivity index (χ4n) is 1.97. The van der Waals surface area contributed by atoms with Crippen LogP contribution in [0, 0.1) is 5.82 Å². The molecule has 19 heavy (non-hydrogen) atoms. The number of carbonyl (C=O) groups is 1. The summed E-state index contributed by atoms with van der Waals surface area (Å²) < 4.78 is 19.1. The number of benzene rings is 1. The molecule has 0 saturated carbocycles. The van der Waals surface area contributed by atoms with E-state index in [-0.39, 0.29) is 24.2 Å². The first-order chi connectivity index (χ1) is 9.20. The third kappa shape index (κ3) is 3.57. The van der Waals surface area contributed by atoms with Crippen molar-refractivity contribution in [1.29, 1.82) is 0 Å². The van der Waals surface area contributed by atoms with Crippen molar-refractivity contribution in [3.8, 4) is 5.75 Å². The molecular weight excluding hydrogens is 249 g/mol. The molecule has 0 spiro atoms. The van der Waals surface area contributed by atoms with Gasteiger partial charge in [-0.15, -0.1) is 0 Å². The van der Waals surface area contributed by atoms with E-state index in [0.29, 0.717) is 26.2 Å². The van der Waals surface area contributed by atoms with E-state index in [2.05, 4.69) is 10.6 Å². The molecule has 1 fully saturated rings. The van der Waals surface area contributed by atoms with Gasteiger partial charge in [-0.2, -0.15) is 0 Å². The van der Waals surface area contributed by atoms with Gasteiger partial charge in [0, 0.05) is 19.6 Å². The van der Waals surface area contributed by atoms with Gasteiger partial charge in [0.15, 0.2) is 11.6 Å². The fraction of sp³-hybridized carbons (Fsp3) is 0.462. The Labute approximate surface area is 111 Å². The van der Waals surface area contributed by atoms with Crippen molar-refractivity contribution in [1.82, 2.24) is 15.5 Å². The van der Waals surface area contributed by atoms with Gasteiger partial charge < -0.3 is 20.3 Å². The highest BCUT2D eigenvalue weighted by Crippen LogP contribution is 2.18. The molecule has 0 bridgehead atoms. The van der Waals surface area contributed by atoms with Crippen molar-refractivity contribution in [2.45, 2.75) is 6.54 Å². The quantitative estimate of drug-likeness (QED) is 0.807. The van der Waals surface area contributed by atoms with Crippen LogP contribution in [0.1, 0.15) is 5.56 Å². The Morgan fingerprint density at radius 2 is 2.37 bits per heavy atom. The lowest BCUT2D eigenvalue weighted by Crippen LogP contribution is -2.31. The number of hydrogen-bond donors (Lipinski definition) is 2. The first-order valence-electron chi connectivity index (χ1n) is 6.29. The van der Waals surface area contributed by atoms with Crippen LogP contribution in [-0.4, -0.2) is 44.2 Å². The smallest absolute Gasteiger partial charge is 0.317 e. The summed E-state index contributed by atoms with van der Waals surface area (Å²) in [5, 5.41) is 5.66. The summed E-state index contributed by atoms with van der Waals surface area (Å²) >= 11 is 0. The maximum absolute atomic E-state index is 13.7. The number of ether oxygens (including phenoxy) is 1. The molecule has 1 aromatic rings. The van der Waals surface area contributed by atoms with Crippen LogP contribution in [0.2, 0.25) is 0 Å². The number of amides is 2. The van der Waals surface area contributed by atoms with Gasteiger partial charge in [-0.05, 0) is 24.7 Å². The monoisotopic (exact) mass is 267 g/mol. The van der Waals surface area contributed by atoms with E-state index in [1.165, 1.54) is 6.07 Å². The summed E-state index contributed by atoms with van der Waals surface area (Å²) in [5.41, 5.74) is 0.867. The Kier molecular flexibility index (Phi) is 4.57. The molecular formula is C13H18FN3O2. The second kappa shape index (κ2) is 6.38. The molecule has 1 aromatic carbocycles. The number of nitrogens with zero attached hydrogens (tertiary/aromatic N) is 1. The summed E-state index contributed by atoms with van der Waals surface area (Å²) in [7, 11) is 1.81. The lowest BCUT2D eigenvalue weighted by molar-refractivity contribution is 0.201. The minimum absolute atomic E-state index is 0.0894. The number of nitrogens with one attached hydrogen (secondary N) is 2. The average molecular weight is 267 g/mol. The molecule has 0 aromatic heterocycles. The van der Waals surface area contributed by atoms with Crippen molar-refractivity contribution in [3.05, 3.63) is 29.6 Å². The van der Waals surface area contributed by atoms with Crippen molar-refractivity contribution < 1.29 is 13.9 Å². The maximum Gasteiger partial charge on any atom is 0.317 e. The first-order valence-corrected chi connectivity index (χ1v) is 6.29. The minimum Gasteiger partial charge on any atom is -0.489 e. The molecule has 2 rings (SSSR count). The predicted molar refractivity (Wildman–Crippen MR) is 69.6 cm³/mol. The molecule has 6 heteroatoms. The average Bonchev–Trinajstić information content (AvgIpc) is 2.78. The molecule has 2 amide bonds. The molecule has 0 radical (unpaired) electrons. The van der Waals surface area contributed by atoms with Gasteiger partial charge in [0.1, 0.15) is 6.61 Å². The van der Waals surface area contributed by atoms with Crippen LogP contribution >= 0.6 is 0 Å². The molecule has 1 heterocycles. The van der Waals surface area contributed by atoms with Crippen LogP contribution in [0.15, 0.2) is 18.2 Å². The zero-order valence-corrected chi connectivity index (χ0v) is 10.9. The van der Waals surface area contributed by atoms with Crippen molar-refractivity contribution in [2.75, 3.05) is 33.3 Å². The van der Waals surface area contributed by atoms with Crippen LogP contribution in [0.3, 0.4) is 0 Å². The Balaban J connectivity index is 1.84. The van der Waals surface area contributed by atoms with E-state index in [1.807, 2.05) is 13.1 Å². The van der Waals surface area contributed by atoms with Gasteiger partial charge >= 0.3 is 6.03 Å². The molecule has 0 unspecified atom stereocenters. The van der Waals surface area contributed by atoms with E-state index >= 15 is 0 Å². The fourth-order valence-corrected chi connectivity index (χ4v) is 1.97. The van der Waals surface area contributed by atoms with Gasteiger partial charge in [-0.3, -0.25) is 0 Å². The third-order valence-corrected chi connectivity index (χ3v) is 2.94. The zero-order valence-electron chi connectivity index (χ0n) is 10.9. The third-order valence-electron chi connectivity index (χ3n) is 2.94. The highest BCUT2D eigenvalue weighted by molar-refractivity contribution is 5.76. The number of rotatable bonds is 6. The largest absolute Gasteiger partial charge is 0.489 e. The Morgan fingerprint density at radius 3 is 3.00 bits per heavy atom. The summed E-state index contributed by atoms with van der Waals surface area (Å²) in [5.74, 6) is -0.155. The second-order valence-electron chi connectivity index (χ2n) is 4.36.